The van der Waals surface area contributed by atoms with E-state index in [0.29, 0.717) is 38.3 Å². The summed E-state index contributed by atoms with van der Waals surface area (Å²) in [5.41, 5.74) is 4.09. The first-order valence-corrected chi connectivity index (χ1v) is 12.2. The Morgan fingerprint density at radius 3 is 2.37 bits per heavy atom. The Morgan fingerprint density at radius 2 is 1.66 bits per heavy atom. The van der Waals surface area contributed by atoms with E-state index in [1.54, 1.807) is 85.4 Å². The summed E-state index contributed by atoms with van der Waals surface area (Å²) >= 11 is 12.4. The molecule has 0 unspecified atom stereocenters. The van der Waals surface area contributed by atoms with E-state index in [1.807, 2.05) is 6.07 Å². The van der Waals surface area contributed by atoms with Crippen LogP contribution in [-0.2, 0) is 23.2 Å². The van der Waals surface area contributed by atoms with Crippen LogP contribution in [0.25, 0.3) is 5.69 Å². The number of carbonyl (C=O) groups excluding carboxylic acids is 2. The number of ether oxygens (including phenoxy) is 1. The first-order valence-electron chi connectivity index (χ1n) is 11.4. The lowest BCUT2D eigenvalue weighted by atomic mass is 10.2. The van der Waals surface area contributed by atoms with Gasteiger partial charge in [-0.1, -0.05) is 59.6 Å². The van der Waals surface area contributed by atoms with Crippen molar-refractivity contribution in [3.63, 3.8) is 0 Å². The largest absolute Gasteiger partial charge is 0.489 e. The Bertz CT molecular complexity index is 1560. The molecule has 0 saturated carbocycles. The highest BCUT2D eigenvalue weighted by Crippen LogP contribution is 2.26. The Kier molecular flexibility index (Phi) is 8.30. The highest BCUT2D eigenvalue weighted by molar-refractivity contribution is 6.39. The number of amides is 2. The Morgan fingerprint density at radius 1 is 0.974 bits per heavy atom. The number of halogens is 2. The van der Waals surface area contributed by atoms with Gasteiger partial charge in [0.1, 0.15) is 18.0 Å². The van der Waals surface area contributed by atoms with Crippen molar-refractivity contribution in [3.8, 4) is 11.4 Å². The highest BCUT2D eigenvalue weighted by atomic mass is 35.5. The van der Waals surface area contributed by atoms with Gasteiger partial charge in [0.05, 0.1) is 17.6 Å². The fourth-order valence-electron chi connectivity index (χ4n) is 3.61. The van der Waals surface area contributed by atoms with Gasteiger partial charge in [-0.25, -0.2) is 10.1 Å². The number of aromatic nitrogens is 2. The third kappa shape index (κ3) is 5.96. The number of carbonyl (C=O) groups is 2. The molecule has 38 heavy (non-hydrogen) atoms. The molecule has 1 heterocycles. The first-order chi connectivity index (χ1) is 18.3. The molecule has 2 amide bonds. The van der Waals surface area contributed by atoms with Crippen LogP contribution in [0.4, 0.5) is 5.69 Å². The summed E-state index contributed by atoms with van der Waals surface area (Å²) in [6.07, 6.45) is 1.36. The number of para-hydroxylation sites is 1. The summed E-state index contributed by atoms with van der Waals surface area (Å²) in [4.78, 5) is 37.7. The quantitative estimate of drug-likeness (QED) is 0.201. The third-order valence-corrected chi connectivity index (χ3v) is 6.39. The van der Waals surface area contributed by atoms with Gasteiger partial charge in [0.25, 0.3) is 5.56 Å². The van der Waals surface area contributed by atoms with Gasteiger partial charge < -0.3 is 10.1 Å². The van der Waals surface area contributed by atoms with Crippen molar-refractivity contribution >= 4 is 46.9 Å². The van der Waals surface area contributed by atoms with Crippen LogP contribution >= 0.6 is 23.2 Å². The lowest BCUT2D eigenvalue weighted by molar-refractivity contribution is -0.136. The molecule has 1 aromatic heterocycles. The van der Waals surface area contributed by atoms with Crippen molar-refractivity contribution in [1.82, 2.24) is 14.8 Å². The summed E-state index contributed by atoms with van der Waals surface area (Å²) in [6, 6.07) is 21.1. The maximum atomic E-state index is 12.9. The zero-order valence-corrected chi connectivity index (χ0v) is 22.0. The van der Waals surface area contributed by atoms with Crippen molar-refractivity contribution in [2.75, 3.05) is 5.32 Å². The maximum absolute atomic E-state index is 12.9. The van der Waals surface area contributed by atoms with Gasteiger partial charge in [-0.3, -0.25) is 19.1 Å². The highest BCUT2D eigenvalue weighted by Gasteiger charge is 2.21. The molecule has 0 aliphatic rings. The minimum atomic E-state index is -1.03. The normalized spacial score (nSPS) is 10.9. The Balaban J connectivity index is 1.38. The Hall–Kier alpha value is -4.34. The molecule has 0 fully saturated rings. The summed E-state index contributed by atoms with van der Waals surface area (Å²) in [5.74, 6) is -1.53. The molecule has 11 heteroatoms. The molecule has 3 aromatic carbocycles. The molecule has 0 atom stereocenters. The number of anilines is 1. The van der Waals surface area contributed by atoms with Crippen LogP contribution in [0.2, 0.25) is 10.0 Å². The topological polar surface area (TPSA) is 107 Å². The molecule has 4 aromatic rings. The number of hydrazone groups is 1. The van der Waals surface area contributed by atoms with Crippen LogP contribution < -0.4 is 21.0 Å². The molecular formula is C27H23Cl2N5O4. The molecular weight excluding hydrogens is 529 g/mol. The Labute approximate surface area is 228 Å². The van der Waals surface area contributed by atoms with Gasteiger partial charge in [-0.15, -0.1) is 0 Å². The molecule has 194 valence electrons. The van der Waals surface area contributed by atoms with E-state index in [-0.39, 0.29) is 12.3 Å². The number of nitrogens with zero attached hydrogens (tertiary/aromatic N) is 3. The predicted octanol–water partition coefficient (Wildman–Crippen LogP) is 4.46. The van der Waals surface area contributed by atoms with Crippen molar-refractivity contribution in [1.29, 1.82) is 0 Å². The van der Waals surface area contributed by atoms with Crippen LogP contribution in [0.3, 0.4) is 0 Å². The van der Waals surface area contributed by atoms with Gasteiger partial charge in [-0.05, 0) is 48.9 Å². The minimum Gasteiger partial charge on any atom is -0.489 e. The summed E-state index contributed by atoms with van der Waals surface area (Å²) in [5, 5.41) is 7.22. The van der Waals surface area contributed by atoms with Crippen LogP contribution in [0.15, 0.2) is 82.7 Å². The molecule has 9 nitrogen and oxygen atoms in total. The van der Waals surface area contributed by atoms with Gasteiger partial charge in [-0.2, -0.15) is 5.10 Å². The molecule has 2 N–H and O–H groups in total. The van der Waals surface area contributed by atoms with Crippen LogP contribution in [-0.4, -0.2) is 27.4 Å². The predicted molar refractivity (Wildman–Crippen MR) is 147 cm³/mol. The average Bonchev–Trinajstić information content (AvgIpc) is 3.12. The summed E-state index contributed by atoms with van der Waals surface area (Å²) in [6.45, 7) is 1.84. The van der Waals surface area contributed by atoms with Crippen molar-refractivity contribution in [3.05, 3.63) is 110 Å². The summed E-state index contributed by atoms with van der Waals surface area (Å²) in [7, 11) is 1.69. The molecule has 0 radical (unpaired) electrons. The van der Waals surface area contributed by atoms with Crippen molar-refractivity contribution in [2.45, 2.75) is 13.5 Å². The lowest BCUT2D eigenvalue weighted by Gasteiger charge is -2.09. The van der Waals surface area contributed by atoms with E-state index in [1.165, 1.54) is 10.9 Å². The van der Waals surface area contributed by atoms with Crippen LogP contribution in [0.5, 0.6) is 5.75 Å². The van der Waals surface area contributed by atoms with Gasteiger partial charge in [0.2, 0.25) is 0 Å². The number of hydrogen-bond acceptors (Lipinski definition) is 5. The van der Waals surface area contributed by atoms with E-state index in [2.05, 4.69) is 15.8 Å². The SMILES string of the molecule is Cc1c(NC(=O)C(=O)N/N=C/c2cccc(OCc3c(Cl)cccc3Cl)c2)c(=O)n(-c2ccccc2)n1C. The zero-order chi connectivity index (χ0) is 27.2. The molecule has 0 aliphatic carbocycles. The van der Waals surface area contributed by atoms with Gasteiger partial charge in [0.15, 0.2) is 0 Å². The second-order valence-electron chi connectivity index (χ2n) is 8.15. The number of nitrogens with one attached hydrogen (secondary N) is 2. The smallest absolute Gasteiger partial charge is 0.329 e. The second kappa shape index (κ2) is 11.8. The van der Waals surface area contributed by atoms with Crippen molar-refractivity contribution < 1.29 is 14.3 Å². The minimum absolute atomic E-state index is 0.00366. The van der Waals surface area contributed by atoms with E-state index in [0.717, 1.165) is 0 Å². The van der Waals surface area contributed by atoms with Gasteiger partial charge in [0, 0.05) is 22.7 Å². The maximum Gasteiger partial charge on any atom is 0.329 e. The third-order valence-electron chi connectivity index (χ3n) is 5.68. The standard InChI is InChI=1S/C27H23Cl2N5O4/c1-17-24(27(37)34(33(17)2)19-9-4-3-5-10-19)31-25(35)26(36)32-30-15-18-8-6-11-20(14-18)38-16-21-22(28)12-7-13-23(21)29/h3-15H,16H2,1-2H3,(H,31,35)(H,32,36)/b30-15+. The van der Waals surface area contributed by atoms with Crippen molar-refractivity contribution in [2.24, 2.45) is 12.1 Å². The molecule has 4 rings (SSSR count). The molecule has 0 spiro atoms. The number of benzene rings is 3. The monoisotopic (exact) mass is 551 g/mol. The van der Waals surface area contributed by atoms with E-state index in [9.17, 15) is 14.4 Å². The van der Waals surface area contributed by atoms with E-state index in [4.69, 9.17) is 27.9 Å². The van der Waals surface area contributed by atoms with E-state index < -0.39 is 17.4 Å². The molecule has 0 saturated heterocycles. The summed E-state index contributed by atoms with van der Waals surface area (Å²) < 4.78 is 8.77. The van der Waals surface area contributed by atoms with Gasteiger partial charge >= 0.3 is 11.8 Å². The fraction of sp³-hybridized carbons (Fsp3) is 0.111. The molecule has 0 aliphatic heterocycles. The second-order valence-corrected chi connectivity index (χ2v) is 8.97. The number of rotatable bonds is 7. The number of hydrogen-bond donors (Lipinski definition) is 2. The van der Waals surface area contributed by atoms with Crippen LogP contribution in [0, 0.1) is 6.92 Å². The first kappa shape index (κ1) is 26.7. The zero-order valence-electron chi connectivity index (χ0n) is 20.4. The lowest BCUT2D eigenvalue weighted by Crippen LogP contribution is -2.34. The average molecular weight is 552 g/mol. The molecule has 0 bridgehead atoms. The fourth-order valence-corrected chi connectivity index (χ4v) is 4.12. The van der Waals surface area contributed by atoms with E-state index >= 15 is 0 Å². The van der Waals surface area contributed by atoms with Crippen LogP contribution in [0.1, 0.15) is 16.8 Å².